The van der Waals surface area contributed by atoms with E-state index < -0.39 is 5.95 Å². The Kier molecular flexibility index (Phi) is 4.62. The van der Waals surface area contributed by atoms with Gasteiger partial charge in [-0.3, -0.25) is 4.98 Å². The van der Waals surface area contributed by atoms with Gasteiger partial charge in [-0.05, 0) is 24.6 Å². The number of nitrogens with zero attached hydrogens (tertiary/aromatic N) is 4. The van der Waals surface area contributed by atoms with Crippen LogP contribution in [0.2, 0.25) is 5.02 Å². The Morgan fingerprint density at radius 1 is 1.19 bits per heavy atom. The van der Waals surface area contributed by atoms with Crippen LogP contribution in [-0.2, 0) is 13.0 Å². The van der Waals surface area contributed by atoms with Crippen LogP contribution in [0.5, 0.6) is 0 Å². The molecule has 3 aromatic heterocycles. The maximum atomic E-state index is 14.4. The van der Waals surface area contributed by atoms with E-state index in [9.17, 15) is 4.39 Å². The van der Waals surface area contributed by atoms with Crippen LogP contribution >= 0.6 is 11.6 Å². The van der Waals surface area contributed by atoms with Gasteiger partial charge in [-0.15, -0.1) is 0 Å². The SMILES string of the molecule is Fc1nc(NCc2ccc(Cl)cn2)ccc1CC1CNc2ncncc21. The first kappa shape index (κ1) is 16.7. The van der Waals surface area contributed by atoms with Crippen molar-refractivity contribution < 1.29 is 4.39 Å². The van der Waals surface area contributed by atoms with Crippen LogP contribution in [0.3, 0.4) is 0 Å². The van der Waals surface area contributed by atoms with Crippen molar-refractivity contribution in [2.24, 2.45) is 0 Å². The van der Waals surface area contributed by atoms with E-state index in [1.807, 2.05) is 6.07 Å². The van der Waals surface area contributed by atoms with Gasteiger partial charge in [-0.2, -0.15) is 4.39 Å². The van der Waals surface area contributed by atoms with Gasteiger partial charge >= 0.3 is 0 Å². The summed E-state index contributed by atoms with van der Waals surface area (Å²) in [5, 5.41) is 6.87. The topological polar surface area (TPSA) is 75.6 Å². The summed E-state index contributed by atoms with van der Waals surface area (Å²) in [5.41, 5.74) is 2.39. The zero-order chi connectivity index (χ0) is 17.9. The number of anilines is 2. The number of fused-ring (bicyclic) bond motifs is 1. The van der Waals surface area contributed by atoms with Crippen LogP contribution in [0.15, 0.2) is 43.0 Å². The van der Waals surface area contributed by atoms with Crippen molar-refractivity contribution in [1.29, 1.82) is 0 Å². The van der Waals surface area contributed by atoms with Gasteiger partial charge < -0.3 is 10.6 Å². The van der Waals surface area contributed by atoms with Crippen LogP contribution in [0, 0.1) is 5.95 Å². The van der Waals surface area contributed by atoms with E-state index >= 15 is 0 Å². The third-order valence-electron chi connectivity index (χ3n) is 4.33. The maximum absolute atomic E-state index is 14.4. The number of hydrogen-bond donors (Lipinski definition) is 2. The number of halogens is 2. The molecule has 3 aromatic rings. The van der Waals surface area contributed by atoms with Crippen molar-refractivity contribution >= 4 is 23.2 Å². The normalized spacial score (nSPS) is 15.4. The molecular formula is C18H16ClFN6. The highest BCUT2D eigenvalue weighted by molar-refractivity contribution is 6.30. The zero-order valence-corrected chi connectivity index (χ0v) is 14.5. The molecule has 0 saturated carbocycles. The van der Waals surface area contributed by atoms with E-state index in [0.717, 1.165) is 23.6 Å². The van der Waals surface area contributed by atoms with E-state index in [1.165, 1.54) is 6.33 Å². The molecule has 4 heterocycles. The van der Waals surface area contributed by atoms with Gasteiger partial charge in [0, 0.05) is 36.0 Å². The summed E-state index contributed by atoms with van der Waals surface area (Å²) < 4.78 is 14.4. The Hall–Kier alpha value is -2.80. The number of aromatic nitrogens is 4. The average Bonchev–Trinajstić information content (AvgIpc) is 3.06. The third-order valence-corrected chi connectivity index (χ3v) is 4.55. The summed E-state index contributed by atoms with van der Waals surface area (Å²) in [6.07, 6.45) is 5.41. The largest absolute Gasteiger partial charge is 0.369 e. The van der Waals surface area contributed by atoms with Gasteiger partial charge in [0.1, 0.15) is 18.0 Å². The van der Waals surface area contributed by atoms with Crippen LogP contribution < -0.4 is 10.6 Å². The average molecular weight is 371 g/mol. The first-order valence-corrected chi connectivity index (χ1v) is 8.60. The summed E-state index contributed by atoms with van der Waals surface area (Å²) in [6, 6.07) is 7.12. The summed E-state index contributed by atoms with van der Waals surface area (Å²) >= 11 is 5.81. The fourth-order valence-corrected chi connectivity index (χ4v) is 3.08. The molecule has 6 nitrogen and oxygen atoms in total. The molecule has 1 aliphatic rings. The first-order chi connectivity index (χ1) is 12.7. The fraction of sp³-hybridized carbons (Fsp3) is 0.222. The molecule has 8 heteroatoms. The van der Waals surface area contributed by atoms with E-state index in [1.54, 1.807) is 30.6 Å². The smallest absolute Gasteiger partial charge is 0.218 e. The van der Waals surface area contributed by atoms with Crippen LogP contribution in [0.1, 0.15) is 22.7 Å². The van der Waals surface area contributed by atoms with Crippen molar-refractivity contribution in [3.8, 4) is 0 Å². The van der Waals surface area contributed by atoms with Crippen LogP contribution in [0.4, 0.5) is 16.0 Å². The minimum absolute atomic E-state index is 0.138. The number of rotatable bonds is 5. The lowest BCUT2D eigenvalue weighted by Crippen LogP contribution is -2.09. The number of hydrogen-bond acceptors (Lipinski definition) is 6. The molecular weight excluding hydrogens is 355 g/mol. The Morgan fingerprint density at radius 3 is 2.92 bits per heavy atom. The monoisotopic (exact) mass is 370 g/mol. The molecule has 0 amide bonds. The predicted molar refractivity (Wildman–Crippen MR) is 97.7 cm³/mol. The minimum atomic E-state index is -0.468. The second-order valence-electron chi connectivity index (χ2n) is 6.08. The standard InChI is InChI=1S/C18H16ClFN6/c19-13-2-3-14(22-7-13)8-23-16-4-1-11(17(20)26-16)5-12-6-24-18-15(12)9-21-10-25-18/h1-4,7,9-10,12H,5-6,8H2,(H,23,26)(H,21,24,25). The molecule has 1 atom stereocenters. The fourth-order valence-electron chi connectivity index (χ4n) is 2.97. The van der Waals surface area contributed by atoms with Gasteiger partial charge in [-0.1, -0.05) is 17.7 Å². The predicted octanol–water partition coefficient (Wildman–Crippen LogP) is 3.42. The number of pyridine rings is 2. The lowest BCUT2D eigenvalue weighted by atomic mass is 9.96. The Morgan fingerprint density at radius 2 is 2.12 bits per heavy atom. The molecule has 0 spiro atoms. The Bertz CT molecular complexity index is 918. The molecule has 1 unspecified atom stereocenters. The van der Waals surface area contributed by atoms with Crippen molar-refractivity contribution in [1.82, 2.24) is 19.9 Å². The highest BCUT2D eigenvalue weighted by Gasteiger charge is 2.24. The summed E-state index contributed by atoms with van der Waals surface area (Å²) in [4.78, 5) is 16.5. The molecule has 2 N–H and O–H groups in total. The van der Waals surface area contributed by atoms with Crippen molar-refractivity contribution in [2.45, 2.75) is 18.9 Å². The van der Waals surface area contributed by atoms with Crippen molar-refractivity contribution in [3.05, 3.63) is 70.8 Å². The lowest BCUT2D eigenvalue weighted by molar-refractivity contribution is 0.558. The highest BCUT2D eigenvalue weighted by Crippen LogP contribution is 2.31. The van der Waals surface area contributed by atoms with Crippen molar-refractivity contribution in [3.63, 3.8) is 0 Å². The summed E-state index contributed by atoms with van der Waals surface area (Å²) in [6.45, 7) is 1.16. The molecule has 0 radical (unpaired) electrons. The van der Waals surface area contributed by atoms with E-state index in [4.69, 9.17) is 11.6 Å². The van der Waals surface area contributed by atoms with Gasteiger partial charge in [0.25, 0.3) is 0 Å². The maximum Gasteiger partial charge on any atom is 0.218 e. The molecule has 0 saturated heterocycles. The second-order valence-corrected chi connectivity index (χ2v) is 6.51. The van der Waals surface area contributed by atoms with Crippen molar-refractivity contribution in [2.75, 3.05) is 17.2 Å². The third kappa shape index (κ3) is 3.57. The van der Waals surface area contributed by atoms with Gasteiger partial charge in [-0.25, -0.2) is 15.0 Å². The zero-order valence-electron chi connectivity index (χ0n) is 13.8. The summed E-state index contributed by atoms with van der Waals surface area (Å²) in [7, 11) is 0. The first-order valence-electron chi connectivity index (χ1n) is 8.22. The molecule has 0 aromatic carbocycles. The van der Waals surface area contributed by atoms with E-state index in [-0.39, 0.29) is 5.92 Å². The minimum Gasteiger partial charge on any atom is -0.369 e. The van der Waals surface area contributed by atoms with E-state index in [2.05, 4.69) is 30.6 Å². The Balaban J connectivity index is 1.42. The molecule has 26 heavy (non-hydrogen) atoms. The summed E-state index contributed by atoms with van der Waals surface area (Å²) in [5.74, 6) is 0.965. The molecule has 132 valence electrons. The second kappa shape index (κ2) is 7.21. The quantitative estimate of drug-likeness (QED) is 0.670. The molecule has 0 bridgehead atoms. The van der Waals surface area contributed by atoms with E-state index in [0.29, 0.717) is 29.4 Å². The Labute approximate surface area is 154 Å². The van der Waals surface area contributed by atoms with Gasteiger partial charge in [0.05, 0.1) is 17.3 Å². The highest BCUT2D eigenvalue weighted by atomic mass is 35.5. The molecule has 1 aliphatic heterocycles. The molecule has 4 rings (SSSR count). The van der Waals surface area contributed by atoms with Crippen LogP contribution in [0.25, 0.3) is 0 Å². The molecule has 0 aliphatic carbocycles. The molecule has 0 fully saturated rings. The van der Waals surface area contributed by atoms with Crippen LogP contribution in [-0.4, -0.2) is 26.5 Å². The van der Waals surface area contributed by atoms with Gasteiger partial charge in [0.2, 0.25) is 5.95 Å². The van der Waals surface area contributed by atoms with Gasteiger partial charge in [0.15, 0.2) is 0 Å². The number of nitrogens with one attached hydrogen (secondary N) is 2. The lowest BCUT2D eigenvalue weighted by Gasteiger charge is -2.11.